The molecule has 0 bridgehead atoms. The van der Waals surface area contributed by atoms with Crippen molar-refractivity contribution in [3.05, 3.63) is 29.8 Å². The van der Waals surface area contributed by atoms with Crippen LogP contribution in [0.25, 0.3) is 0 Å². The van der Waals surface area contributed by atoms with Gasteiger partial charge in [-0.2, -0.15) is 0 Å². The van der Waals surface area contributed by atoms with Gasteiger partial charge in [-0.1, -0.05) is 19.1 Å². The molecule has 1 fully saturated rings. The fourth-order valence-electron chi connectivity index (χ4n) is 2.24. The Bertz CT molecular complexity index is 602. The van der Waals surface area contributed by atoms with Gasteiger partial charge in [0.25, 0.3) is 0 Å². The van der Waals surface area contributed by atoms with E-state index in [0.717, 1.165) is 12.1 Å². The predicted molar refractivity (Wildman–Crippen MR) is 101 cm³/mol. The molecule has 1 aliphatic rings. The summed E-state index contributed by atoms with van der Waals surface area (Å²) in [5.41, 5.74) is 7.94. The van der Waals surface area contributed by atoms with Crippen molar-refractivity contribution < 1.29 is 8.42 Å². The number of nitrogens with zero attached hydrogens (tertiary/aromatic N) is 2. The molecule has 1 aromatic carbocycles. The molecule has 0 aliphatic carbocycles. The van der Waals surface area contributed by atoms with Crippen LogP contribution in [0, 0.1) is 0 Å². The Morgan fingerprint density at radius 1 is 1.36 bits per heavy atom. The molecular weight excluding hydrogens is 415 g/mol. The van der Waals surface area contributed by atoms with Crippen LogP contribution in [0.5, 0.6) is 0 Å². The van der Waals surface area contributed by atoms with Gasteiger partial charge in [0.05, 0.1) is 12.3 Å². The van der Waals surface area contributed by atoms with Crippen molar-refractivity contribution >= 4 is 45.6 Å². The summed E-state index contributed by atoms with van der Waals surface area (Å²) >= 11 is 0. The highest BCUT2D eigenvalue weighted by molar-refractivity contribution is 14.0. The van der Waals surface area contributed by atoms with Crippen molar-refractivity contribution in [2.24, 2.45) is 10.7 Å². The van der Waals surface area contributed by atoms with Crippen LogP contribution in [0.3, 0.4) is 0 Å². The van der Waals surface area contributed by atoms with E-state index in [2.05, 4.69) is 17.2 Å². The minimum absolute atomic E-state index is 0. The summed E-state index contributed by atoms with van der Waals surface area (Å²) in [5.74, 6) is 0.546. The zero-order chi connectivity index (χ0) is 15.3. The maximum Gasteiger partial charge on any atom is 0.214 e. The van der Waals surface area contributed by atoms with Crippen LogP contribution in [0.15, 0.2) is 29.3 Å². The lowest BCUT2D eigenvalue weighted by Crippen LogP contribution is -2.30. The third-order valence-corrected chi connectivity index (χ3v) is 5.43. The van der Waals surface area contributed by atoms with Gasteiger partial charge in [-0.3, -0.25) is 4.99 Å². The highest BCUT2D eigenvalue weighted by Gasteiger charge is 2.27. The number of anilines is 1. The van der Waals surface area contributed by atoms with Gasteiger partial charge in [-0.05, 0) is 30.5 Å². The molecule has 1 aliphatic heterocycles. The maximum atomic E-state index is 11.6. The number of aryl methyl sites for hydroxylation is 1. The van der Waals surface area contributed by atoms with Crippen molar-refractivity contribution in [2.75, 3.05) is 30.7 Å². The Morgan fingerprint density at radius 2 is 2.05 bits per heavy atom. The largest absolute Gasteiger partial charge is 0.370 e. The first kappa shape index (κ1) is 19.2. The molecule has 0 spiro atoms. The predicted octanol–water partition coefficient (Wildman–Crippen LogP) is 1.63. The summed E-state index contributed by atoms with van der Waals surface area (Å²) in [6.07, 6.45) is 1.69. The molecule has 0 aromatic heterocycles. The van der Waals surface area contributed by atoms with Crippen molar-refractivity contribution in [1.29, 1.82) is 0 Å². The fourth-order valence-corrected chi connectivity index (χ4v) is 3.75. The van der Waals surface area contributed by atoms with E-state index in [1.807, 2.05) is 24.3 Å². The quantitative estimate of drug-likeness (QED) is 0.416. The van der Waals surface area contributed by atoms with Crippen LogP contribution in [-0.4, -0.2) is 44.1 Å². The van der Waals surface area contributed by atoms with Gasteiger partial charge in [0.2, 0.25) is 10.0 Å². The number of rotatable bonds is 5. The Kier molecular flexibility index (Phi) is 7.57. The van der Waals surface area contributed by atoms with Gasteiger partial charge in [-0.15, -0.1) is 24.0 Å². The second kappa shape index (κ2) is 8.68. The standard InChI is InChI=1S/C14H22N4O2S.HI/c1-2-12-4-6-13(7-5-12)17-14(15)16-8-10-18-9-3-11-21(18,19)20;/h4-7H,2-3,8-11H2,1H3,(H3,15,16,17);1H. The average Bonchev–Trinajstić information content (AvgIpc) is 2.79. The molecule has 0 amide bonds. The van der Waals surface area contributed by atoms with Gasteiger partial charge in [-0.25, -0.2) is 12.7 Å². The lowest BCUT2D eigenvalue weighted by atomic mass is 10.1. The van der Waals surface area contributed by atoms with E-state index in [4.69, 9.17) is 5.73 Å². The molecule has 6 nitrogen and oxygen atoms in total. The van der Waals surface area contributed by atoms with Crippen LogP contribution in [0.2, 0.25) is 0 Å². The number of hydrogen-bond acceptors (Lipinski definition) is 3. The van der Waals surface area contributed by atoms with E-state index in [-0.39, 0.29) is 29.7 Å². The van der Waals surface area contributed by atoms with Crippen molar-refractivity contribution in [3.8, 4) is 0 Å². The first-order valence-corrected chi connectivity index (χ1v) is 8.76. The molecule has 0 atom stereocenters. The minimum Gasteiger partial charge on any atom is -0.370 e. The molecule has 3 N–H and O–H groups in total. The van der Waals surface area contributed by atoms with Gasteiger partial charge in [0.1, 0.15) is 0 Å². The average molecular weight is 438 g/mol. The Morgan fingerprint density at radius 3 is 2.59 bits per heavy atom. The molecule has 22 heavy (non-hydrogen) atoms. The molecule has 0 unspecified atom stereocenters. The fraction of sp³-hybridized carbons (Fsp3) is 0.500. The Hall–Kier alpha value is -0.870. The van der Waals surface area contributed by atoms with E-state index in [9.17, 15) is 8.42 Å². The molecule has 1 heterocycles. The lowest BCUT2D eigenvalue weighted by molar-refractivity contribution is 0.452. The molecule has 2 rings (SSSR count). The highest BCUT2D eigenvalue weighted by Crippen LogP contribution is 2.12. The Labute approximate surface area is 149 Å². The van der Waals surface area contributed by atoms with Gasteiger partial charge < -0.3 is 11.1 Å². The number of benzene rings is 1. The molecule has 124 valence electrons. The first-order chi connectivity index (χ1) is 10.0. The van der Waals surface area contributed by atoms with Crippen LogP contribution >= 0.6 is 24.0 Å². The molecule has 0 radical (unpaired) electrons. The van der Waals surface area contributed by atoms with Crippen LogP contribution < -0.4 is 11.1 Å². The molecule has 1 aromatic rings. The number of hydrogen-bond donors (Lipinski definition) is 2. The second-order valence-electron chi connectivity index (χ2n) is 5.01. The number of nitrogens with one attached hydrogen (secondary N) is 1. The lowest BCUT2D eigenvalue weighted by Gasteiger charge is -2.12. The van der Waals surface area contributed by atoms with Crippen LogP contribution in [0.4, 0.5) is 5.69 Å². The third-order valence-electron chi connectivity index (χ3n) is 3.47. The van der Waals surface area contributed by atoms with Crippen molar-refractivity contribution in [2.45, 2.75) is 19.8 Å². The second-order valence-corrected chi connectivity index (χ2v) is 7.10. The van der Waals surface area contributed by atoms with E-state index < -0.39 is 10.0 Å². The summed E-state index contributed by atoms with van der Waals surface area (Å²) in [6.45, 7) is 3.44. The number of guanidine groups is 1. The minimum atomic E-state index is -3.05. The molecule has 1 saturated heterocycles. The number of sulfonamides is 1. The normalized spacial score (nSPS) is 18.0. The van der Waals surface area contributed by atoms with E-state index in [1.54, 1.807) is 0 Å². The smallest absolute Gasteiger partial charge is 0.214 e. The van der Waals surface area contributed by atoms with Crippen LogP contribution in [-0.2, 0) is 16.4 Å². The summed E-state index contributed by atoms with van der Waals surface area (Å²) in [5, 5.41) is 3.00. The number of aliphatic imine (C=N–C) groups is 1. The monoisotopic (exact) mass is 438 g/mol. The SMILES string of the molecule is CCc1ccc(NC(N)=NCCN2CCCS2(=O)=O)cc1.I. The zero-order valence-electron chi connectivity index (χ0n) is 12.7. The summed E-state index contributed by atoms with van der Waals surface area (Å²) in [7, 11) is -3.05. The van der Waals surface area contributed by atoms with Crippen molar-refractivity contribution in [1.82, 2.24) is 4.31 Å². The van der Waals surface area contributed by atoms with E-state index >= 15 is 0 Å². The highest BCUT2D eigenvalue weighted by atomic mass is 127. The van der Waals surface area contributed by atoms with Gasteiger partial charge >= 0.3 is 0 Å². The zero-order valence-corrected chi connectivity index (χ0v) is 15.8. The molecule has 0 saturated carbocycles. The first-order valence-electron chi connectivity index (χ1n) is 7.15. The number of halogens is 1. The van der Waals surface area contributed by atoms with E-state index in [1.165, 1.54) is 9.87 Å². The summed E-state index contributed by atoms with van der Waals surface area (Å²) in [6, 6.07) is 7.97. The molecule has 8 heteroatoms. The number of nitrogens with two attached hydrogens (primary N) is 1. The Balaban J connectivity index is 0.00000242. The summed E-state index contributed by atoms with van der Waals surface area (Å²) in [4.78, 5) is 4.17. The van der Waals surface area contributed by atoms with Gasteiger partial charge in [0.15, 0.2) is 5.96 Å². The summed E-state index contributed by atoms with van der Waals surface area (Å²) < 4.78 is 24.7. The van der Waals surface area contributed by atoms with Gasteiger partial charge in [0, 0.05) is 18.8 Å². The van der Waals surface area contributed by atoms with E-state index in [0.29, 0.717) is 32.0 Å². The third kappa shape index (κ3) is 5.40. The maximum absolute atomic E-state index is 11.6. The molecular formula is C14H23IN4O2S. The topological polar surface area (TPSA) is 87.8 Å². The van der Waals surface area contributed by atoms with Crippen molar-refractivity contribution in [3.63, 3.8) is 0 Å². The van der Waals surface area contributed by atoms with Crippen LogP contribution in [0.1, 0.15) is 18.9 Å².